The van der Waals surface area contributed by atoms with Crippen LogP contribution in [0.15, 0.2) is 39.7 Å². The van der Waals surface area contributed by atoms with E-state index in [2.05, 4.69) is 15.9 Å². The first-order chi connectivity index (χ1) is 10.5. The first-order valence-corrected chi connectivity index (χ1v) is 7.92. The van der Waals surface area contributed by atoms with E-state index >= 15 is 0 Å². The molecule has 5 heteroatoms. The summed E-state index contributed by atoms with van der Waals surface area (Å²) in [7, 11) is 1.27. The molecule has 0 spiro atoms. The van der Waals surface area contributed by atoms with Gasteiger partial charge in [0, 0.05) is 16.4 Å². The number of aromatic nitrogens is 1. The molecule has 1 saturated carbocycles. The maximum Gasteiger partial charge on any atom is 0.343 e. The van der Waals surface area contributed by atoms with Crippen LogP contribution in [0.2, 0.25) is 0 Å². The molecular weight excluding hydrogens is 346 g/mol. The van der Waals surface area contributed by atoms with E-state index in [0.717, 1.165) is 5.69 Å². The zero-order chi connectivity index (χ0) is 15.9. The Balaban J connectivity index is 2.12. The number of carbonyl (C=O) groups excluding carboxylic acids is 1. The Kier molecular flexibility index (Phi) is 3.91. The van der Waals surface area contributed by atoms with Gasteiger partial charge in [-0.3, -0.25) is 9.36 Å². The van der Waals surface area contributed by atoms with Crippen molar-refractivity contribution in [2.45, 2.75) is 25.7 Å². The lowest BCUT2D eigenvalue weighted by Crippen LogP contribution is -2.27. The topological polar surface area (TPSA) is 48.3 Å². The van der Waals surface area contributed by atoms with Gasteiger partial charge in [-0.15, -0.1) is 0 Å². The van der Waals surface area contributed by atoms with Crippen LogP contribution in [0, 0.1) is 6.92 Å². The smallest absolute Gasteiger partial charge is 0.343 e. The third-order valence-corrected chi connectivity index (χ3v) is 4.82. The van der Waals surface area contributed by atoms with Crippen molar-refractivity contribution in [1.29, 1.82) is 0 Å². The summed E-state index contributed by atoms with van der Waals surface area (Å²) in [6, 6.07) is 7.92. The second kappa shape index (κ2) is 5.72. The van der Waals surface area contributed by atoms with E-state index in [1.807, 2.05) is 24.3 Å². The molecule has 1 aromatic carbocycles. The minimum Gasteiger partial charge on any atom is -0.465 e. The monoisotopic (exact) mass is 361 g/mol. The van der Waals surface area contributed by atoms with Crippen LogP contribution >= 0.6 is 15.9 Å². The van der Waals surface area contributed by atoms with E-state index in [1.54, 1.807) is 13.1 Å². The Bertz CT molecular complexity index is 789. The van der Waals surface area contributed by atoms with Crippen molar-refractivity contribution in [2.24, 2.45) is 0 Å². The van der Waals surface area contributed by atoms with Crippen molar-refractivity contribution in [3.05, 3.63) is 62.0 Å². The van der Waals surface area contributed by atoms with Crippen LogP contribution in [0.4, 0.5) is 0 Å². The molecule has 0 atom stereocenters. The van der Waals surface area contributed by atoms with E-state index in [-0.39, 0.29) is 11.1 Å². The summed E-state index contributed by atoms with van der Waals surface area (Å²) in [5.74, 6) is 0.0494. The average Bonchev–Trinajstić information content (AvgIpc) is 3.36. The molecule has 2 aromatic rings. The van der Waals surface area contributed by atoms with Crippen LogP contribution in [0.5, 0.6) is 0 Å². The first kappa shape index (κ1) is 15.0. The van der Waals surface area contributed by atoms with Gasteiger partial charge in [0.25, 0.3) is 5.56 Å². The summed E-state index contributed by atoms with van der Waals surface area (Å²) in [4.78, 5) is 24.5. The van der Waals surface area contributed by atoms with Gasteiger partial charge in [0.1, 0.15) is 5.56 Å². The first-order valence-electron chi connectivity index (χ1n) is 7.13. The third-order valence-electron chi connectivity index (χ3n) is 4.02. The van der Waals surface area contributed by atoms with E-state index in [0.29, 0.717) is 16.0 Å². The number of halogens is 1. The maximum absolute atomic E-state index is 12.6. The number of benzene rings is 1. The van der Waals surface area contributed by atoms with Crippen molar-refractivity contribution in [3.63, 3.8) is 0 Å². The number of rotatable bonds is 3. The SMILES string of the molecule is COC(=O)c1c(C)c(Br)cn(-c2ccc(C3CC3)cc2)c1=O. The number of carbonyl (C=O) groups is 1. The summed E-state index contributed by atoms with van der Waals surface area (Å²) in [5, 5.41) is 0. The van der Waals surface area contributed by atoms with Crippen molar-refractivity contribution >= 4 is 21.9 Å². The number of hydrogen-bond donors (Lipinski definition) is 0. The van der Waals surface area contributed by atoms with Gasteiger partial charge in [0.05, 0.1) is 7.11 Å². The molecule has 1 aromatic heterocycles. The van der Waals surface area contributed by atoms with Crippen LogP contribution in [-0.2, 0) is 4.74 Å². The predicted molar refractivity (Wildman–Crippen MR) is 87.8 cm³/mol. The number of methoxy groups -OCH3 is 1. The quantitative estimate of drug-likeness (QED) is 0.785. The van der Waals surface area contributed by atoms with Crippen LogP contribution in [0.25, 0.3) is 5.69 Å². The number of nitrogens with zero attached hydrogens (tertiary/aromatic N) is 1. The normalized spacial score (nSPS) is 14.0. The van der Waals surface area contributed by atoms with Gasteiger partial charge in [-0.2, -0.15) is 0 Å². The lowest BCUT2D eigenvalue weighted by molar-refractivity contribution is 0.0597. The number of esters is 1. The minimum absolute atomic E-state index is 0.0585. The predicted octanol–water partition coefficient (Wildman–Crippen LogP) is 3.57. The Hall–Kier alpha value is -1.88. The molecule has 22 heavy (non-hydrogen) atoms. The average molecular weight is 362 g/mol. The highest BCUT2D eigenvalue weighted by atomic mass is 79.9. The molecule has 0 unspecified atom stereocenters. The summed E-state index contributed by atoms with van der Waals surface area (Å²) >= 11 is 3.41. The molecule has 1 aliphatic carbocycles. The molecule has 1 heterocycles. The minimum atomic E-state index is -0.618. The second-order valence-corrected chi connectivity index (χ2v) is 6.36. The zero-order valence-electron chi connectivity index (χ0n) is 12.4. The second-order valence-electron chi connectivity index (χ2n) is 5.51. The molecule has 0 amide bonds. The van der Waals surface area contributed by atoms with E-state index in [1.165, 1.54) is 30.1 Å². The van der Waals surface area contributed by atoms with Crippen LogP contribution < -0.4 is 5.56 Å². The lowest BCUT2D eigenvalue weighted by Gasteiger charge is -2.12. The van der Waals surface area contributed by atoms with Crippen LogP contribution in [-0.4, -0.2) is 17.6 Å². The number of pyridine rings is 1. The van der Waals surface area contributed by atoms with Gasteiger partial charge in [0.2, 0.25) is 0 Å². The molecule has 3 rings (SSSR count). The molecule has 1 aliphatic rings. The molecule has 1 fully saturated rings. The van der Waals surface area contributed by atoms with Gasteiger partial charge in [-0.25, -0.2) is 4.79 Å². The fraction of sp³-hybridized carbons (Fsp3) is 0.294. The number of hydrogen-bond acceptors (Lipinski definition) is 3. The summed E-state index contributed by atoms with van der Waals surface area (Å²) in [6.07, 6.45) is 4.17. The molecule has 0 bridgehead atoms. The third kappa shape index (κ3) is 2.61. The summed E-state index contributed by atoms with van der Waals surface area (Å²) in [5.41, 5.74) is 2.31. The Morgan fingerprint density at radius 1 is 1.27 bits per heavy atom. The Labute approximate surface area is 136 Å². The lowest BCUT2D eigenvalue weighted by atomic mass is 10.1. The largest absolute Gasteiger partial charge is 0.465 e. The molecule has 4 nitrogen and oxygen atoms in total. The van der Waals surface area contributed by atoms with E-state index in [9.17, 15) is 9.59 Å². The highest BCUT2D eigenvalue weighted by Gasteiger charge is 2.23. The fourth-order valence-corrected chi connectivity index (χ4v) is 2.93. The molecule has 114 valence electrons. The van der Waals surface area contributed by atoms with Gasteiger partial charge in [0.15, 0.2) is 0 Å². The molecular formula is C17H16BrNO3. The number of ether oxygens (including phenoxy) is 1. The Morgan fingerprint density at radius 2 is 1.91 bits per heavy atom. The summed E-state index contributed by atoms with van der Waals surface area (Å²) in [6.45, 7) is 1.72. The van der Waals surface area contributed by atoms with Gasteiger partial charge < -0.3 is 4.74 Å². The van der Waals surface area contributed by atoms with Gasteiger partial charge in [-0.1, -0.05) is 12.1 Å². The van der Waals surface area contributed by atoms with Crippen molar-refractivity contribution < 1.29 is 9.53 Å². The standard InChI is InChI=1S/C17H16BrNO3/c1-10-14(18)9-19(16(20)15(10)17(21)22-2)13-7-5-12(6-8-13)11-3-4-11/h5-9,11H,3-4H2,1-2H3. The van der Waals surface area contributed by atoms with E-state index < -0.39 is 5.97 Å². The van der Waals surface area contributed by atoms with Gasteiger partial charge >= 0.3 is 5.97 Å². The molecule has 0 saturated heterocycles. The molecule has 0 aliphatic heterocycles. The van der Waals surface area contributed by atoms with E-state index in [4.69, 9.17) is 4.74 Å². The van der Waals surface area contributed by atoms with Crippen molar-refractivity contribution in [1.82, 2.24) is 4.57 Å². The van der Waals surface area contributed by atoms with Crippen molar-refractivity contribution in [2.75, 3.05) is 7.11 Å². The van der Waals surface area contributed by atoms with Crippen LogP contribution in [0.3, 0.4) is 0 Å². The highest BCUT2D eigenvalue weighted by molar-refractivity contribution is 9.10. The van der Waals surface area contributed by atoms with Crippen LogP contribution in [0.1, 0.15) is 40.2 Å². The fourth-order valence-electron chi connectivity index (χ4n) is 2.53. The van der Waals surface area contributed by atoms with Crippen molar-refractivity contribution in [3.8, 4) is 5.69 Å². The zero-order valence-corrected chi connectivity index (χ0v) is 14.0. The molecule has 0 N–H and O–H groups in total. The molecule has 0 radical (unpaired) electrons. The Morgan fingerprint density at radius 3 is 2.45 bits per heavy atom. The highest BCUT2D eigenvalue weighted by Crippen LogP contribution is 2.40. The maximum atomic E-state index is 12.6. The van der Waals surface area contributed by atoms with Gasteiger partial charge in [-0.05, 0) is 64.9 Å². The summed E-state index contributed by atoms with van der Waals surface area (Å²) < 4.78 is 6.90.